The van der Waals surface area contributed by atoms with Crippen molar-refractivity contribution in [2.45, 2.75) is 32.5 Å². The molecule has 1 N–H and O–H groups in total. The number of likely N-dealkylation sites (N-methyl/N-ethyl adjacent to an activating group) is 1. The molecule has 0 bridgehead atoms. The maximum Gasteiger partial charge on any atom is 0.0544 e. The van der Waals surface area contributed by atoms with Crippen molar-refractivity contribution in [2.24, 2.45) is 0 Å². The van der Waals surface area contributed by atoms with Crippen LogP contribution in [0.1, 0.15) is 24.6 Å². The van der Waals surface area contributed by atoms with Gasteiger partial charge < -0.3 is 10.2 Å². The first-order valence-electron chi connectivity index (χ1n) is 7.22. The fourth-order valence-corrected chi connectivity index (χ4v) is 2.53. The topological polar surface area (TPSA) is 31.4 Å². The molecule has 2 heterocycles. The van der Waals surface area contributed by atoms with E-state index in [9.17, 15) is 0 Å². The van der Waals surface area contributed by atoms with E-state index in [-0.39, 0.29) is 0 Å². The predicted molar refractivity (Wildman–Crippen MR) is 79.0 cm³/mol. The van der Waals surface area contributed by atoms with Crippen LogP contribution >= 0.6 is 0 Å². The summed E-state index contributed by atoms with van der Waals surface area (Å²) in [4.78, 5) is 9.39. The second kappa shape index (κ2) is 6.98. The molecular formula is C15H26N4. The molecule has 0 spiro atoms. The minimum Gasteiger partial charge on any atom is -0.313 e. The molecule has 0 aliphatic carbocycles. The van der Waals surface area contributed by atoms with Crippen molar-refractivity contribution < 1.29 is 0 Å². The van der Waals surface area contributed by atoms with Crippen LogP contribution in [0.4, 0.5) is 0 Å². The Morgan fingerprint density at radius 2 is 2.26 bits per heavy atom. The molecule has 1 aliphatic rings. The lowest BCUT2D eigenvalue weighted by Gasteiger charge is -2.20. The lowest BCUT2D eigenvalue weighted by atomic mass is 10.2. The van der Waals surface area contributed by atoms with Gasteiger partial charge in [-0.15, -0.1) is 0 Å². The van der Waals surface area contributed by atoms with Gasteiger partial charge in [0.25, 0.3) is 0 Å². The molecule has 1 aliphatic heterocycles. The molecule has 0 aromatic carbocycles. The number of likely N-dealkylation sites (tertiary alicyclic amines) is 1. The fourth-order valence-electron chi connectivity index (χ4n) is 2.53. The van der Waals surface area contributed by atoms with Gasteiger partial charge in [-0.3, -0.25) is 9.88 Å². The summed E-state index contributed by atoms with van der Waals surface area (Å²) in [7, 11) is 4.34. The normalized spacial score (nSPS) is 20.3. The minimum absolute atomic E-state index is 0.702. The minimum atomic E-state index is 0.702. The van der Waals surface area contributed by atoms with Gasteiger partial charge in [0, 0.05) is 38.4 Å². The Morgan fingerprint density at radius 3 is 2.84 bits per heavy atom. The fraction of sp³-hybridized carbons (Fsp3) is 0.667. The highest BCUT2D eigenvalue weighted by atomic mass is 15.2. The maximum atomic E-state index is 4.57. The first-order valence-corrected chi connectivity index (χ1v) is 7.22. The third-order valence-corrected chi connectivity index (χ3v) is 3.83. The van der Waals surface area contributed by atoms with E-state index >= 15 is 0 Å². The number of hydrogen-bond donors (Lipinski definition) is 1. The van der Waals surface area contributed by atoms with E-state index < -0.39 is 0 Å². The highest BCUT2D eigenvalue weighted by molar-refractivity contribution is 5.14. The van der Waals surface area contributed by atoms with Gasteiger partial charge in [-0.2, -0.15) is 0 Å². The van der Waals surface area contributed by atoms with Crippen LogP contribution in [-0.4, -0.2) is 54.6 Å². The number of nitrogens with one attached hydrogen (secondary N) is 1. The first-order chi connectivity index (χ1) is 9.19. The van der Waals surface area contributed by atoms with Crippen molar-refractivity contribution in [1.29, 1.82) is 0 Å². The molecule has 4 heteroatoms. The molecule has 1 unspecified atom stereocenters. The molecule has 0 saturated carbocycles. The summed E-state index contributed by atoms with van der Waals surface area (Å²) in [5.41, 5.74) is 2.44. The quantitative estimate of drug-likeness (QED) is 0.838. The molecule has 1 aromatic rings. The molecule has 0 amide bonds. The van der Waals surface area contributed by atoms with Crippen LogP contribution in [0.15, 0.2) is 18.3 Å². The highest BCUT2D eigenvalue weighted by Gasteiger charge is 2.23. The van der Waals surface area contributed by atoms with Crippen LogP contribution in [0, 0.1) is 0 Å². The predicted octanol–water partition coefficient (Wildman–Crippen LogP) is 1.33. The zero-order valence-corrected chi connectivity index (χ0v) is 12.4. The van der Waals surface area contributed by atoms with Gasteiger partial charge in [0.1, 0.15) is 0 Å². The van der Waals surface area contributed by atoms with Gasteiger partial charge in [0.05, 0.1) is 5.69 Å². The van der Waals surface area contributed by atoms with Crippen LogP contribution < -0.4 is 5.32 Å². The number of pyridine rings is 1. The monoisotopic (exact) mass is 262 g/mol. The summed E-state index contributed by atoms with van der Waals surface area (Å²) in [5.74, 6) is 0. The number of nitrogens with zero attached hydrogens (tertiary/aromatic N) is 3. The van der Waals surface area contributed by atoms with Crippen LogP contribution in [-0.2, 0) is 13.1 Å². The number of aromatic nitrogens is 1. The molecule has 1 saturated heterocycles. The van der Waals surface area contributed by atoms with Gasteiger partial charge in [0.15, 0.2) is 0 Å². The Morgan fingerprint density at radius 1 is 1.42 bits per heavy atom. The summed E-state index contributed by atoms with van der Waals surface area (Å²) in [6, 6.07) is 5.05. The third-order valence-electron chi connectivity index (χ3n) is 3.83. The average Bonchev–Trinajstić information content (AvgIpc) is 2.87. The van der Waals surface area contributed by atoms with E-state index in [0.717, 1.165) is 26.2 Å². The molecule has 106 valence electrons. The lowest BCUT2D eigenvalue weighted by molar-refractivity contribution is 0.263. The van der Waals surface area contributed by atoms with Gasteiger partial charge in [-0.1, -0.05) is 13.0 Å². The summed E-state index contributed by atoms with van der Waals surface area (Å²) in [5, 5.41) is 3.32. The molecule has 1 aromatic heterocycles. The van der Waals surface area contributed by atoms with E-state index in [1.54, 1.807) is 0 Å². The second-order valence-corrected chi connectivity index (χ2v) is 5.58. The van der Waals surface area contributed by atoms with E-state index in [2.05, 4.69) is 53.3 Å². The first kappa shape index (κ1) is 14.4. The van der Waals surface area contributed by atoms with Crippen LogP contribution in [0.2, 0.25) is 0 Å². The summed E-state index contributed by atoms with van der Waals surface area (Å²) in [6.07, 6.45) is 3.27. The number of hydrogen-bond acceptors (Lipinski definition) is 4. The molecule has 4 nitrogen and oxygen atoms in total. The Bertz CT molecular complexity index is 374. The number of rotatable bonds is 6. The van der Waals surface area contributed by atoms with Gasteiger partial charge in [0.2, 0.25) is 0 Å². The third kappa shape index (κ3) is 4.27. The van der Waals surface area contributed by atoms with Crippen molar-refractivity contribution in [2.75, 3.05) is 33.7 Å². The van der Waals surface area contributed by atoms with E-state index in [1.165, 1.54) is 24.2 Å². The molecule has 2 rings (SSSR count). The maximum absolute atomic E-state index is 4.57. The van der Waals surface area contributed by atoms with Gasteiger partial charge in [-0.05, 0) is 38.7 Å². The smallest absolute Gasteiger partial charge is 0.0544 e. The second-order valence-electron chi connectivity index (χ2n) is 5.58. The van der Waals surface area contributed by atoms with Crippen molar-refractivity contribution in [1.82, 2.24) is 20.1 Å². The highest BCUT2D eigenvalue weighted by Crippen LogP contribution is 2.15. The van der Waals surface area contributed by atoms with Crippen molar-refractivity contribution >= 4 is 0 Å². The molecule has 1 fully saturated rings. The zero-order valence-electron chi connectivity index (χ0n) is 12.4. The van der Waals surface area contributed by atoms with Gasteiger partial charge >= 0.3 is 0 Å². The van der Waals surface area contributed by atoms with Crippen molar-refractivity contribution in [3.05, 3.63) is 29.6 Å². The van der Waals surface area contributed by atoms with E-state index in [1.807, 2.05) is 6.20 Å². The Hall–Kier alpha value is -0.970. The summed E-state index contributed by atoms with van der Waals surface area (Å²) < 4.78 is 0. The SMILES string of the molecule is CCNCc1ccc(CN2CCC(N(C)C)C2)nc1. The van der Waals surface area contributed by atoms with Crippen LogP contribution in [0.3, 0.4) is 0 Å². The van der Waals surface area contributed by atoms with Crippen LogP contribution in [0.5, 0.6) is 0 Å². The molecular weight excluding hydrogens is 236 g/mol. The van der Waals surface area contributed by atoms with Crippen LogP contribution in [0.25, 0.3) is 0 Å². The van der Waals surface area contributed by atoms with E-state index in [0.29, 0.717) is 6.04 Å². The summed E-state index contributed by atoms with van der Waals surface area (Å²) >= 11 is 0. The van der Waals surface area contributed by atoms with Crippen molar-refractivity contribution in [3.8, 4) is 0 Å². The molecule has 0 radical (unpaired) electrons. The average molecular weight is 262 g/mol. The lowest BCUT2D eigenvalue weighted by Crippen LogP contribution is -2.31. The van der Waals surface area contributed by atoms with Crippen molar-refractivity contribution in [3.63, 3.8) is 0 Å². The zero-order chi connectivity index (χ0) is 13.7. The van der Waals surface area contributed by atoms with E-state index in [4.69, 9.17) is 0 Å². The largest absolute Gasteiger partial charge is 0.313 e. The van der Waals surface area contributed by atoms with Gasteiger partial charge in [-0.25, -0.2) is 0 Å². The Labute approximate surface area is 116 Å². The molecule has 19 heavy (non-hydrogen) atoms. The Balaban J connectivity index is 1.83. The Kier molecular flexibility index (Phi) is 5.31. The molecule has 1 atom stereocenters. The summed E-state index contributed by atoms with van der Waals surface area (Å²) in [6.45, 7) is 7.36. The standard InChI is InChI=1S/C15H26N4/c1-4-16-9-13-5-6-14(17-10-13)11-19-8-7-15(12-19)18(2)3/h5-6,10,15-16H,4,7-9,11-12H2,1-3H3.